The number of carbonyl (C=O) groups excluding carboxylic acids is 1. The van der Waals surface area contributed by atoms with Gasteiger partial charge in [-0.05, 0) is 24.1 Å². The Balaban J connectivity index is 1.83. The zero-order chi connectivity index (χ0) is 15.2. The van der Waals surface area contributed by atoms with E-state index < -0.39 is 17.8 Å². The van der Waals surface area contributed by atoms with Gasteiger partial charge in [-0.15, -0.1) is 0 Å². The minimum absolute atomic E-state index is 0.236. The number of hydrogen-bond acceptors (Lipinski definition) is 4. The first-order valence-electron chi connectivity index (χ1n) is 6.81. The third kappa shape index (κ3) is 4.54. The van der Waals surface area contributed by atoms with E-state index in [2.05, 4.69) is 5.32 Å². The smallest absolute Gasteiger partial charge is 0.307 e. The first-order valence-corrected chi connectivity index (χ1v) is 6.81. The molecule has 1 aliphatic rings. The van der Waals surface area contributed by atoms with Crippen molar-refractivity contribution in [3.63, 3.8) is 0 Å². The predicted molar refractivity (Wildman–Crippen MR) is 75.8 cm³/mol. The number of amides is 1. The Hall–Kier alpha value is -1.92. The molecule has 0 saturated heterocycles. The van der Waals surface area contributed by atoms with E-state index in [1.54, 1.807) is 13.2 Å². The van der Waals surface area contributed by atoms with E-state index in [0.717, 1.165) is 5.56 Å². The zero-order valence-electron chi connectivity index (χ0n) is 11.9. The highest BCUT2D eigenvalue weighted by Gasteiger charge is 2.48. The molecule has 6 heteroatoms. The molecule has 2 N–H and O–H groups in total. The predicted octanol–water partition coefficient (Wildman–Crippen LogP) is 1.51. The van der Waals surface area contributed by atoms with Gasteiger partial charge in [-0.3, -0.25) is 9.59 Å². The number of carboxylic acid groups (broad SMARTS) is 1. The summed E-state index contributed by atoms with van der Waals surface area (Å²) in [6, 6.07) is 7.32. The first-order chi connectivity index (χ1) is 10.1. The van der Waals surface area contributed by atoms with Crippen LogP contribution in [0, 0.1) is 11.8 Å². The first kappa shape index (κ1) is 15.5. The van der Waals surface area contributed by atoms with Crippen molar-refractivity contribution in [1.29, 1.82) is 0 Å². The molecular formula is C15H19NO5. The summed E-state index contributed by atoms with van der Waals surface area (Å²) in [4.78, 5) is 22.6. The third-order valence-corrected chi connectivity index (χ3v) is 3.34. The molecule has 2 rings (SSSR count). The Kier molecular flexibility index (Phi) is 5.30. The van der Waals surface area contributed by atoms with Crippen molar-refractivity contribution in [2.75, 3.05) is 25.6 Å². The summed E-state index contributed by atoms with van der Waals surface area (Å²) in [6.07, 6.45) is 0.418. The Morgan fingerprint density at radius 2 is 2.14 bits per heavy atom. The van der Waals surface area contributed by atoms with E-state index in [9.17, 15) is 9.59 Å². The molecule has 0 heterocycles. The molecule has 2 atom stereocenters. The number of aliphatic carboxylic acids is 1. The minimum atomic E-state index is -0.907. The van der Waals surface area contributed by atoms with Crippen LogP contribution >= 0.6 is 0 Å². The molecule has 114 valence electrons. The second kappa shape index (κ2) is 7.19. The highest BCUT2D eigenvalue weighted by Crippen LogP contribution is 2.39. The van der Waals surface area contributed by atoms with E-state index in [0.29, 0.717) is 31.9 Å². The maximum absolute atomic E-state index is 11.9. The summed E-state index contributed by atoms with van der Waals surface area (Å²) in [7, 11) is 1.61. The Morgan fingerprint density at radius 1 is 1.33 bits per heavy atom. The van der Waals surface area contributed by atoms with E-state index in [4.69, 9.17) is 14.6 Å². The van der Waals surface area contributed by atoms with Crippen LogP contribution < -0.4 is 5.32 Å². The molecule has 1 saturated carbocycles. The van der Waals surface area contributed by atoms with Gasteiger partial charge in [0.15, 0.2) is 0 Å². The lowest BCUT2D eigenvalue weighted by molar-refractivity contribution is -0.139. The van der Waals surface area contributed by atoms with Gasteiger partial charge in [0.25, 0.3) is 0 Å². The van der Waals surface area contributed by atoms with Crippen molar-refractivity contribution in [2.45, 2.75) is 13.0 Å². The molecule has 1 amide bonds. The number of carboxylic acids is 1. The SMILES string of the molecule is COCCOCc1cccc(NC(=O)[C@@H]2C[C@@H]2C(=O)O)c1. The van der Waals surface area contributed by atoms with Crippen LogP contribution in [0.1, 0.15) is 12.0 Å². The summed E-state index contributed by atoms with van der Waals surface area (Å²) >= 11 is 0. The average Bonchev–Trinajstić information content (AvgIpc) is 3.25. The molecule has 6 nitrogen and oxygen atoms in total. The molecule has 0 radical (unpaired) electrons. The van der Waals surface area contributed by atoms with Crippen LogP contribution in [0.2, 0.25) is 0 Å². The van der Waals surface area contributed by atoms with Gasteiger partial charge in [0.05, 0.1) is 31.7 Å². The van der Waals surface area contributed by atoms with Crippen LogP contribution in [0.25, 0.3) is 0 Å². The van der Waals surface area contributed by atoms with E-state index in [1.165, 1.54) is 0 Å². The monoisotopic (exact) mass is 293 g/mol. The summed E-state index contributed by atoms with van der Waals surface area (Å²) in [5.41, 5.74) is 1.60. The van der Waals surface area contributed by atoms with Crippen molar-refractivity contribution >= 4 is 17.6 Å². The molecule has 1 aliphatic carbocycles. The largest absolute Gasteiger partial charge is 0.481 e. The van der Waals surface area contributed by atoms with Crippen LogP contribution in [-0.2, 0) is 25.7 Å². The number of methoxy groups -OCH3 is 1. The summed E-state index contributed by atoms with van der Waals surface area (Å²) in [6.45, 7) is 1.48. The topological polar surface area (TPSA) is 84.9 Å². The molecule has 0 unspecified atom stereocenters. The van der Waals surface area contributed by atoms with Gasteiger partial charge in [-0.1, -0.05) is 12.1 Å². The molecule has 0 bridgehead atoms. The van der Waals surface area contributed by atoms with Crippen molar-refractivity contribution in [1.82, 2.24) is 0 Å². The van der Waals surface area contributed by atoms with Crippen LogP contribution in [-0.4, -0.2) is 37.3 Å². The second-order valence-electron chi connectivity index (χ2n) is 5.02. The molecular weight excluding hydrogens is 274 g/mol. The van der Waals surface area contributed by atoms with Crippen LogP contribution in [0.3, 0.4) is 0 Å². The average molecular weight is 293 g/mol. The van der Waals surface area contributed by atoms with Crippen molar-refractivity contribution in [2.24, 2.45) is 11.8 Å². The lowest BCUT2D eigenvalue weighted by Gasteiger charge is -2.08. The van der Waals surface area contributed by atoms with Crippen molar-refractivity contribution in [3.8, 4) is 0 Å². The van der Waals surface area contributed by atoms with Crippen LogP contribution in [0.5, 0.6) is 0 Å². The fourth-order valence-corrected chi connectivity index (χ4v) is 2.06. The molecule has 21 heavy (non-hydrogen) atoms. The second-order valence-corrected chi connectivity index (χ2v) is 5.02. The normalized spacial score (nSPS) is 20.0. The summed E-state index contributed by atoms with van der Waals surface area (Å²) < 4.78 is 10.3. The molecule has 1 aromatic carbocycles. The lowest BCUT2D eigenvalue weighted by atomic mass is 10.2. The summed E-state index contributed by atoms with van der Waals surface area (Å²) in [5.74, 6) is -2.09. The Morgan fingerprint density at radius 3 is 2.81 bits per heavy atom. The fourth-order valence-electron chi connectivity index (χ4n) is 2.06. The van der Waals surface area contributed by atoms with Gasteiger partial charge in [0.1, 0.15) is 0 Å². The van der Waals surface area contributed by atoms with Crippen molar-refractivity contribution < 1.29 is 24.2 Å². The zero-order valence-corrected chi connectivity index (χ0v) is 11.9. The number of rotatable bonds is 8. The molecule has 0 spiro atoms. The van der Waals surface area contributed by atoms with Gasteiger partial charge >= 0.3 is 5.97 Å². The van der Waals surface area contributed by atoms with Crippen molar-refractivity contribution in [3.05, 3.63) is 29.8 Å². The number of anilines is 1. The molecule has 0 aliphatic heterocycles. The fraction of sp³-hybridized carbons (Fsp3) is 0.467. The number of ether oxygens (including phenoxy) is 2. The highest BCUT2D eigenvalue weighted by atomic mass is 16.5. The number of benzene rings is 1. The van der Waals surface area contributed by atoms with Gasteiger partial charge in [-0.2, -0.15) is 0 Å². The highest BCUT2D eigenvalue weighted by molar-refractivity contribution is 5.98. The summed E-state index contributed by atoms with van der Waals surface area (Å²) in [5, 5.41) is 11.6. The van der Waals surface area contributed by atoms with Gasteiger partial charge in [-0.25, -0.2) is 0 Å². The molecule has 0 aromatic heterocycles. The van der Waals surface area contributed by atoms with Gasteiger partial charge in [0.2, 0.25) is 5.91 Å². The quantitative estimate of drug-likeness (QED) is 0.710. The molecule has 1 fully saturated rings. The number of carbonyl (C=O) groups is 2. The van der Waals surface area contributed by atoms with E-state index >= 15 is 0 Å². The Bertz CT molecular complexity index is 517. The van der Waals surface area contributed by atoms with Gasteiger partial charge < -0.3 is 19.9 Å². The standard InChI is InChI=1S/C15H19NO5/c1-20-5-6-21-9-10-3-2-4-11(7-10)16-14(17)12-8-13(12)15(18)19/h2-4,7,12-13H,5-6,8-9H2,1H3,(H,16,17)(H,18,19)/t12-,13+/m1/s1. The van der Waals surface area contributed by atoms with E-state index in [1.807, 2.05) is 18.2 Å². The lowest BCUT2D eigenvalue weighted by Crippen LogP contribution is -2.16. The maximum Gasteiger partial charge on any atom is 0.307 e. The van der Waals surface area contributed by atoms with Gasteiger partial charge in [0, 0.05) is 12.8 Å². The minimum Gasteiger partial charge on any atom is -0.481 e. The molecule has 1 aromatic rings. The van der Waals surface area contributed by atoms with Crippen LogP contribution in [0.15, 0.2) is 24.3 Å². The number of hydrogen-bond donors (Lipinski definition) is 2. The Labute approximate surface area is 123 Å². The third-order valence-electron chi connectivity index (χ3n) is 3.34. The number of nitrogens with one attached hydrogen (secondary N) is 1. The van der Waals surface area contributed by atoms with Crippen LogP contribution in [0.4, 0.5) is 5.69 Å². The van der Waals surface area contributed by atoms with E-state index in [-0.39, 0.29) is 5.91 Å². The maximum atomic E-state index is 11.9.